The van der Waals surface area contributed by atoms with E-state index in [0.29, 0.717) is 5.78 Å². The Bertz CT molecular complexity index is 2290. The maximum atomic E-state index is 13.5. The predicted molar refractivity (Wildman–Crippen MR) is 225 cm³/mol. The molecule has 1 saturated carbocycles. The molecule has 1 aliphatic carbocycles. The van der Waals surface area contributed by atoms with Crippen molar-refractivity contribution in [2.45, 2.75) is 91.5 Å². The monoisotopic (exact) mass is 774 g/mol. The normalized spacial score (nSPS) is 14.5. The van der Waals surface area contributed by atoms with Crippen LogP contribution in [-0.4, -0.2) is 41.3 Å². The lowest BCUT2D eigenvalue weighted by Crippen LogP contribution is -2.20. The van der Waals surface area contributed by atoms with Crippen LogP contribution in [0.2, 0.25) is 0 Å². The van der Waals surface area contributed by atoms with Gasteiger partial charge in [-0.2, -0.15) is 0 Å². The second kappa shape index (κ2) is 15.8. The Morgan fingerprint density at radius 3 is 1.78 bits per heavy atom. The van der Waals surface area contributed by atoms with Gasteiger partial charge in [0.25, 0.3) is 0 Å². The van der Waals surface area contributed by atoms with Gasteiger partial charge in [-0.1, -0.05) is 25.0 Å². The van der Waals surface area contributed by atoms with Crippen molar-refractivity contribution in [1.82, 2.24) is 9.13 Å². The molecular weight excluding hydrogens is 725 g/mol. The summed E-state index contributed by atoms with van der Waals surface area (Å²) < 4.78 is 27.9. The lowest BCUT2D eigenvalue weighted by Gasteiger charge is -2.25. The Morgan fingerprint density at radius 1 is 0.673 bits per heavy atom. The largest absolute Gasteiger partial charge is 0.493 e. The number of rotatable bonds is 10. The quantitative estimate of drug-likeness (QED) is 0.130. The second-order valence-electron chi connectivity index (χ2n) is 15.2. The number of thiophene rings is 2. The predicted octanol–water partition coefficient (Wildman–Crippen LogP) is 11.8. The minimum Gasteiger partial charge on any atom is -0.493 e. The average Bonchev–Trinajstić information content (AvgIpc) is 4.03. The zero-order valence-electron chi connectivity index (χ0n) is 32.6. The van der Waals surface area contributed by atoms with Gasteiger partial charge in [-0.15, -0.1) is 22.7 Å². The Kier molecular flexibility index (Phi) is 10.7. The van der Waals surface area contributed by atoms with Gasteiger partial charge in [-0.25, -0.2) is 0 Å². The fourth-order valence-electron chi connectivity index (χ4n) is 8.42. The number of carbonyl (C=O) groups excluding carboxylic acids is 1. The third kappa shape index (κ3) is 7.25. The van der Waals surface area contributed by atoms with E-state index in [1.807, 2.05) is 27.7 Å². The molecule has 6 heterocycles. The molecule has 0 radical (unpaired) electrons. The van der Waals surface area contributed by atoms with Crippen LogP contribution in [0, 0.1) is 5.92 Å². The molecule has 0 atom stereocenters. The molecule has 2 aliphatic heterocycles. The van der Waals surface area contributed by atoms with Crippen LogP contribution < -0.4 is 18.9 Å². The van der Waals surface area contributed by atoms with Gasteiger partial charge in [0, 0.05) is 57.2 Å². The maximum absolute atomic E-state index is 13.5. The first-order valence-electron chi connectivity index (χ1n) is 19.5. The SMILES string of the molecule is COc1cc2c(cc1OC(C)C)-c1c(-c3cccs3)cc(C(=O)C3CCCC3)n1CC2.COc1cc2c(cc1OC(C)C)-c1c(-c3cccs3)ccn1CC2. The first-order valence-corrected chi connectivity index (χ1v) is 21.3. The van der Waals surface area contributed by atoms with Crippen LogP contribution in [0.1, 0.15) is 75.0 Å². The van der Waals surface area contributed by atoms with Crippen molar-refractivity contribution in [1.29, 1.82) is 0 Å². The Morgan fingerprint density at radius 2 is 1.24 bits per heavy atom. The van der Waals surface area contributed by atoms with Gasteiger partial charge in [0.2, 0.25) is 0 Å². The van der Waals surface area contributed by atoms with Crippen molar-refractivity contribution < 1.29 is 23.7 Å². The summed E-state index contributed by atoms with van der Waals surface area (Å²) in [6, 6.07) is 21.4. The van der Waals surface area contributed by atoms with Gasteiger partial charge in [-0.3, -0.25) is 4.79 Å². The summed E-state index contributed by atoms with van der Waals surface area (Å²) in [5, 5.41) is 4.23. The highest BCUT2D eigenvalue weighted by atomic mass is 32.1. The van der Waals surface area contributed by atoms with Crippen molar-refractivity contribution in [3.05, 3.63) is 94.4 Å². The van der Waals surface area contributed by atoms with Crippen LogP contribution in [0.4, 0.5) is 0 Å². The molecule has 7 nitrogen and oxygen atoms in total. The van der Waals surface area contributed by atoms with E-state index in [0.717, 1.165) is 84.3 Å². The minimum absolute atomic E-state index is 0.0543. The number of aromatic nitrogens is 2. The van der Waals surface area contributed by atoms with E-state index >= 15 is 0 Å². The zero-order valence-corrected chi connectivity index (χ0v) is 34.3. The van der Waals surface area contributed by atoms with Gasteiger partial charge in [0.15, 0.2) is 28.8 Å². The molecule has 0 amide bonds. The van der Waals surface area contributed by atoms with Crippen molar-refractivity contribution in [2.75, 3.05) is 14.2 Å². The van der Waals surface area contributed by atoms with Crippen LogP contribution in [-0.2, 0) is 25.9 Å². The minimum atomic E-state index is 0.0543. The van der Waals surface area contributed by atoms with Crippen LogP contribution >= 0.6 is 22.7 Å². The molecule has 286 valence electrons. The van der Waals surface area contributed by atoms with E-state index in [1.54, 1.807) is 36.9 Å². The highest BCUT2D eigenvalue weighted by molar-refractivity contribution is 7.13. The van der Waals surface area contributed by atoms with Gasteiger partial charge >= 0.3 is 0 Å². The van der Waals surface area contributed by atoms with Crippen molar-refractivity contribution >= 4 is 28.5 Å². The number of aryl methyl sites for hydroxylation is 3. The van der Waals surface area contributed by atoms with Crippen LogP contribution in [0.5, 0.6) is 23.0 Å². The highest BCUT2D eigenvalue weighted by Gasteiger charge is 2.32. The van der Waals surface area contributed by atoms with Gasteiger partial charge in [0.1, 0.15) is 0 Å². The summed E-state index contributed by atoms with van der Waals surface area (Å²) in [5.41, 5.74) is 10.7. The Balaban J connectivity index is 0.000000160. The molecule has 3 aliphatic rings. The van der Waals surface area contributed by atoms with Crippen molar-refractivity contribution in [3.8, 4) is 66.4 Å². The standard InChI is InChI=1S/C26H29NO3S.C20H21NO2S/c1-16(2)30-23-15-19-18(13-22(23)29-3)10-11-27-21(26(28)17-7-4-5-8-17)14-20(25(19)27)24-9-6-12-31-24;1-13(2)23-18-12-16-14(11-17(18)22-3)6-8-21-9-7-15(20(16)21)19-5-4-10-24-19/h6,9,12-17H,4-5,7-8,10-11H2,1-3H3;4-5,7,9-13H,6,8H2,1-3H3. The number of methoxy groups -OCH3 is 2. The molecule has 0 N–H and O–H groups in total. The Labute approximate surface area is 332 Å². The smallest absolute Gasteiger partial charge is 0.182 e. The summed E-state index contributed by atoms with van der Waals surface area (Å²) in [6.45, 7) is 9.95. The summed E-state index contributed by atoms with van der Waals surface area (Å²) in [6.07, 6.45) is 8.63. The fraction of sp³-hybridized carbons (Fsp3) is 0.370. The molecule has 6 aromatic rings. The molecule has 2 aromatic carbocycles. The molecule has 0 unspecified atom stereocenters. The zero-order chi connectivity index (χ0) is 38.2. The first-order chi connectivity index (χ1) is 26.7. The molecule has 1 fully saturated rings. The van der Waals surface area contributed by atoms with Gasteiger partial charge < -0.3 is 28.1 Å². The average molecular weight is 775 g/mol. The lowest BCUT2D eigenvalue weighted by atomic mass is 9.95. The number of nitrogens with zero attached hydrogens (tertiary/aromatic N) is 2. The van der Waals surface area contributed by atoms with Crippen LogP contribution in [0.3, 0.4) is 0 Å². The number of hydrogen-bond acceptors (Lipinski definition) is 7. The number of ether oxygens (including phenoxy) is 4. The Hall–Kier alpha value is -4.73. The van der Waals surface area contributed by atoms with Gasteiger partial charge in [0.05, 0.1) is 43.5 Å². The third-order valence-corrected chi connectivity index (χ3v) is 12.7. The molecule has 9 rings (SSSR count). The van der Waals surface area contributed by atoms with Crippen molar-refractivity contribution in [2.24, 2.45) is 5.92 Å². The van der Waals surface area contributed by atoms with Crippen LogP contribution in [0.25, 0.3) is 43.4 Å². The molecule has 0 saturated heterocycles. The number of benzene rings is 2. The topological polar surface area (TPSA) is 63.9 Å². The van der Waals surface area contributed by atoms with E-state index in [-0.39, 0.29) is 18.1 Å². The maximum Gasteiger partial charge on any atom is 0.182 e. The fourth-order valence-corrected chi connectivity index (χ4v) is 9.92. The van der Waals surface area contributed by atoms with Crippen LogP contribution in [0.15, 0.2) is 77.6 Å². The second-order valence-corrected chi connectivity index (χ2v) is 17.1. The highest BCUT2D eigenvalue weighted by Crippen LogP contribution is 2.47. The molecule has 55 heavy (non-hydrogen) atoms. The number of carbonyl (C=O) groups is 1. The summed E-state index contributed by atoms with van der Waals surface area (Å²) in [7, 11) is 3.40. The summed E-state index contributed by atoms with van der Waals surface area (Å²) in [5.74, 6) is 3.65. The molecule has 9 heteroatoms. The molecular formula is C46H50N2O5S2. The molecule has 4 aromatic heterocycles. The summed E-state index contributed by atoms with van der Waals surface area (Å²) in [4.78, 5) is 16.0. The molecule has 0 spiro atoms. The number of hydrogen-bond donors (Lipinski definition) is 0. The third-order valence-electron chi connectivity index (χ3n) is 10.9. The summed E-state index contributed by atoms with van der Waals surface area (Å²) >= 11 is 3.50. The number of Topliss-reactive ketones (excluding diaryl/α,β-unsaturated/α-hetero) is 1. The van der Waals surface area contributed by atoms with E-state index in [1.165, 1.54) is 50.5 Å². The van der Waals surface area contributed by atoms with E-state index in [4.69, 9.17) is 18.9 Å². The number of ketones is 1. The van der Waals surface area contributed by atoms with Crippen molar-refractivity contribution in [3.63, 3.8) is 0 Å². The van der Waals surface area contributed by atoms with Gasteiger partial charge in [-0.05, 0) is 124 Å². The van der Waals surface area contributed by atoms with E-state index in [9.17, 15) is 4.79 Å². The number of fused-ring (bicyclic) bond motifs is 6. The molecule has 0 bridgehead atoms. The van der Waals surface area contributed by atoms with E-state index < -0.39 is 0 Å². The first kappa shape index (κ1) is 37.2. The lowest BCUT2D eigenvalue weighted by molar-refractivity contribution is 0.0913. The van der Waals surface area contributed by atoms with E-state index in [2.05, 4.69) is 86.8 Å².